The Morgan fingerprint density at radius 1 is 1.25 bits per heavy atom. The average Bonchev–Trinajstić information content (AvgIpc) is 2.05. The van der Waals surface area contributed by atoms with Crippen molar-refractivity contribution in [1.29, 1.82) is 0 Å². The summed E-state index contributed by atoms with van der Waals surface area (Å²) in [6.07, 6.45) is 1.90. The first-order valence-corrected chi connectivity index (χ1v) is 5.06. The summed E-state index contributed by atoms with van der Waals surface area (Å²) in [4.78, 5) is 0. The van der Waals surface area contributed by atoms with Crippen LogP contribution in [0.4, 0.5) is 0 Å². The molecule has 1 rings (SSSR count). The van der Waals surface area contributed by atoms with E-state index in [1.807, 2.05) is 36.4 Å². The van der Waals surface area contributed by atoms with Gasteiger partial charge in [-0.15, -0.1) is 0 Å². The Morgan fingerprint density at radius 3 is 2.50 bits per heavy atom. The van der Waals surface area contributed by atoms with E-state index < -0.39 is 0 Å². The van der Waals surface area contributed by atoms with Gasteiger partial charge in [-0.2, -0.15) is 0 Å². The van der Waals surface area contributed by atoms with Crippen LogP contribution in [0.25, 0.3) is 0 Å². The number of hydrogen-bond donors (Lipinski definition) is 0. The third-order valence-corrected chi connectivity index (χ3v) is 1.88. The Morgan fingerprint density at radius 2 is 1.92 bits per heavy atom. The van der Waals surface area contributed by atoms with E-state index in [-0.39, 0.29) is 0 Å². The van der Waals surface area contributed by atoms with Gasteiger partial charge in [0.1, 0.15) is 12.4 Å². The highest BCUT2D eigenvalue weighted by atomic mass is 79.9. The van der Waals surface area contributed by atoms with Crippen molar-refractivity contribution >= 4 is 31.9 Å². The van der Waals surface area contributed by atoms with Gasteiger partial charge in [0.05, 0.1) is 3.39 Å². The lowest BCUT2D eigenvalue weighted by atomic mass is 10.3. The number of hydrogen-bond acceptors (Lipinski definition) is 1. The van der Waals surface area contributed by atoms with Crippen LogP contribution in [0.3, 0.4) is 0 Å². The SMILES string of the molecule is BrC(Br)=CCOc1ccccc1. The highest BCUT2D eigenvalue weighted by Gasteiger charge is 1.88. The van der Waals surface area contributed by atoms with Crippen molar-refractivity contribution in [3.8, 4) is 5.75 Å². The zero-order valence-electron chi connectivity index (χ0n) is 6.34. The van der Waals surface area contributed by atoms with E-state index in [0.29, 0.717) is 6.61 Å². The Hall–Kier alpha value is -0.280. The quantitative estimate of drug-likeness (QED) is 0.825. The second-order valence-corrected chi connectivity index (χ2v) is 4.89. The minimum absolute atomic E-state index is 0.565. The van der Waals surface area contributed by atoms with E-state index in [0.717, 1.165) is 9.14 Å². The van der Waals surface area contributed by atoms with Crippen LogP contribution in [0, 0.1) is 0 Å². The summed E-state index contributed by atoms with van der Waals surface area (Å²) in [5, 5.41) is 0. The number of para-hydroxylation sites is 1. The summed E-state index contributed by atoms with van der Waals surface area (Å²) in [5.74, 6) is 0.884. The Bertz CT molecular complexity index is 252. The molecule has 0 saturated heterocycles. The molecule has 0 spiro atoms. The maximum absolute atomic E-state index is 5.38. The molecule has 0 aromatic heterocycles. The van der Waals surface area contributed by atoms with Gasteiger partial charge in [-0.25, -0.2) is 0 Å². The lowest BCUT2D eigenvalue weighted by Gasteiger charge is -2.00. The van der Waals surface area contributed by atoms with Crippen molar-refractivity contribution < 1.29 is 4.74 Å². The molecule has 0 aliphatic rings. The molecule has 1 aromatic carbocycles. The van der Waals surface area contributed by atoms with E-state index in [1.165, 1.54) is 0 Å². The van der Waals surface area contributed by atoms with Gasteiger partial charge in [0.2, 0.25) is 0 Å². The predicted octanol–water partition coefficient (Wildman–Crippen LogP) is 3.70. The molecule has 0 radical (unpaired) electrons. The van der Waals surface area contributed by atoms with Crippen LogP contribution in [0.1, 0.15) is 0 Å². The lowest BCUT2D eigenvalue weighted by molar-refractivity contribution is 0.363. The van der Waals surface area contributed by atoms with E-state index in [9.17, 15) is 0 Å². The van der Waals surface area contributed by atoms with Crippen molar-refractivity contribution in [2.75, 3.05) is 6.61 Å². The van der Waals surface area contributed by atoms with Crippen LogP contribution in [-0.4, -0.2) is 6.61 Å². The predicted molar refractivity (Wildman–Crippen MR) is 57.9 cm³/mol. The second kappa shape index (κ2) is 5.38. The minimum atomic E-state index is 0.565. The Labute approximate surface area is 88.7 Å². The smallest absolute Gasteiger partial charge is 0.119 e. The summed E-state index contributed by atoms with van der Waals surface area (Å²) in [6.45, 7) is 0.565. The zero-order chi connectivity index (χ0) is 8.81. The summed E-state index contributed by atoms with van der Waals surface area (Å²) in [5.41, 5.74) is 0. The van der Waals surface area contributed by atoms with Gasteiger partial charge in [0, 0.05) is 0 Å². The van der Waals surface area contributed by atoms with E-state index >= 15 is 0 Å². The molecule has 0 saturated carbocycles. The molecule has 1 aromatic rings. The fourth-order valence-corrected chi connectivity index (χ4v) is 0.982. The maximum atomic E-state index is 5.38. The molecule has 0 unspecified atom stereocenters. The highest BCUT2D eigenvalue weighted by molar-refractivity contribution is 9.28. The fourth-order valence-electron chi connectivity index (χ4n) is 0.718. The third-order valence-electron chi connectivity index (χ3n) is 1.23. The van der Waals surface area contributed by atoms with Crippen molar-refractivity contribution in [3.63, 3.8) is 0 Å². The van der Waals surface area contributed by atoms with Crippen molar-refractivity contribution in [2.45, 2.75) is 0 Å². The highest BCUT2D eigenvalue weighted by Crippen LogP contribution is 2.13. The van der Waals surface area contributed by atoms with Crippen LogP contribution in [-0.2, 0) is 0 Å². The minimum Gasteiger partial charge on any atom is -0.489 e. The summed E-state index contributed by atoms with van der Waals surface area (Å²) < 4.78 is 6.29. The number of rotatable bonds is 3. The normalized spacial score (nSPS) is 9.17. The number of ether oxygens (including phenoxy) is 1. The van der Waals surface area contributed by atoms with Crippen LogP contribution in [0.2, 0.25) is 0 Å². The van der Waals surface area contributed by atoms with Gasteiger partial charge in [-0.05, 0) is 50.1 Å². The molecule has 3 heteroatoms. The van der Waals surface area contributed by atoms with Gasteiger partial charge in [-0.3, -0.25) is 0 Å². The third kappa shape index (κ3) is 3.93. The van der Waals surface area contributed by atoms with Crippen LogP contribution in [0.5, 0.6) is 5.75 Å². The summed E-state index contributed by atoms with van der Waals surface area (Å²) in [6, 6.07) is 9.71. The molecule has 0 aliphatic carbocycles. The topological polar surface area (TPSA) is 9.23 Å². The summed E-state index contributed by atoms with van der Waals surface area (Å²) >= 11 is 6.49. The van der Waals surface area contributed by atoms with Gasteiger partial charge in [-0.1, -0.05) is 18.2 Å². The molecule has 0 heterocycles. The first-order chi connectivity index (χ1) is 5.79. The average molecular weight is 292 g/mol. The fraction of sp³-hybridized carbons (Fsp3) is 0.111. The maximum Gasteiger partial charge on any atom is 0.119 e. The molecule has 0 atom stereocenters. The van der Waals surface area contributed by atoms with Crippen molar-refractivity contribution in [2.24, 2.45) is 0 Å². The van der Waals surface area contributed by atoms with Gasteiger partial charge in [0.25, 0.3) is 0 Å². The Kier molecular flexibility index (Phi) is 4.40. The molecule has 0 amide bonds. The van der Waals surface area contributed by atoms with Crippen LogP contribution < -0.4 is 4.74 Å². The van der Waals surface area contributed by atoms with Crippen molar-refractivity contribution in [3.05, 3.63) is 39.8 Å². The molecule has 12 heavy (non-hydrogen) atoms. The van der Waals surface area contributed by atoms with Gasteiger partial charge < -0.3 is 4.74 Å². The van der Waals surface area contributed by atoms with Gasteiger partial charge in [0.15, 0.2) is 0 Å². The standard InChI is InChI=1S/C9H8Br2O/c10-9(11)6-7-12-8-4-2-1-3-5-8/h1-6H,7H2. The zero-order valence-corrected chi connectivity index (χ0v) is 9.51. The number of benzene rings is 1. The molecule has 0 aliphatic heterocycles. The molecule has 0 N–H and O–H groups in total. The van der Waals surface area contributed by atoms with E-state index in [2.05, 4.69) is 31.9 Å². The molecular weight excluding hydrogens is 284 g/mol. The molecule has 1 nitrogen and oxygen atoms in total. The van der Waals surface area contributed by atoms with Crippen LogP contribution in [0.15, 0.2) is 39.8 Å². The van der Waals surface area contributed by atoms with Crippen LogP contribution >= 0.6 is 31.9 Å². The van der Waals surface area contributed by atoms with Gasteiger partial charge >= 0.3 is 0 Å². The molecule has 0 bridgehead atoms. The van der Waals surface area contributed by atoms with Crippen molar-refractivity contribution in [1.82, 2.24) is 0 Å². The largest absolute Gasteiger partial charge is 0.489 e. The molecule has 0 fully saturated rings. The monoisotopic (exact) mass is 290 g/mol. The number of halogens is 2. The lowest BCUT2D eigenvalue weighted by Crippen LogP contribution is -1.92. The first kappa shape index (κ1) is 9.81. The van der Waals surface area contributed by atoms with E-state index in [1.54, 1.807) is 0 Å². The van der Waals surface area contributed by atoms with E-state index in [4.69, 9.17) is 4.74 Å². The molecular formula is C9H8Br2O. The second-order valence-electron chi connectivity index (χ2n) is 2.12. The molecule has 64 valence electrons. The first-order valence-electron chi connectivity index (χ1n) is 3.48. The summed E-state index contributed by atoms with van der Waals surface area (Å²) in [7, 11) is 0. The Balaban J connectivity index is 2.39.